The minimum atomic E-state index is -0.866. The van der Waals surface area contributed by atoms with Gasteiger partial charge in [-0.15, -0.1) is 11.3 Å². The first-order chi connectivity index (χ1) is 9.43. The second kappa shape index (κ2) is 4.58. The number of carboxylic acids is 1. The molecule has 20 heavy (non-hydrogen) atoms. The van der Waals surface area contributed by atoms with Crippen molar-refractivity contribution in [1.29, 1.82) is 0 Å². The third-order valence-electron chi connectivity index (χ3n) is 4.74. The largest absolute Gasteiger partial charge is 0.481 e. The topological polar surface area (TPSA) is 66.4 Å². The van der Waals surface area contributed by atoms with Crippen molar-refractivity contribution in [1.82, 2.24) is 5.32 Å². The molecule has 2 aliphatic rings. The van der Waals surface area contributed by atoms with Crippen molar-refractivity contribution < 1.29 is 14.7 Å². The third kappa shape index (κ3) is 2.04. The summed E-state index contributed by atoms with van der Waals surface area (Å²) in [6.07, 6.45) is 3.11. The molecule has 4 nitrogen and oxygen atoms in total. The molecule has 0 saturated heterocycles. The smallest absolute Gasteiger partial charge is 0.307 e. The average Bonchev–Trinajstić information content (AvgIpc) is 2.73. The lowest BCUT2D eigenvalue weighted by Gasteiger charge is -2.24. The van der Waals surface area contributed by atoms with Crippen LogP contribution in [0.25, 0.3) is 0 Å². The minimum Gasteiger partial charge on any atom is -0.481 e. The maximum Gasteiger partial charge on any atom is 0.307 e. The Kier molecular flexibility index (Phi) is 3.12. The Morgan fingerprint density at radius 1 is 1.40 bits per heavy atom. The van der Waals surface area contributed by atoms with E-state index in [1.54, 1.807) is 11.3 Å². The van der Waals surface area contributed by atoms with Gasteiger partial charge in [-0.2, -0.15) is 0 Å². The molecule has 5 heteroatoms. The molecular weight excluding hydrogens is 274 g/mol. The molecule has 1 aromatic rings. The van der Waals surface area contributed by atoms with Gasteiger partial charge in [-0.25, -0.2) is 0 Å². The standard InChI is InChI=1S/C15H19NO3S/c1-15(2)11(12(15)14(18)19)13(17)16-9-4-3-5-10-8(9)6-7-20-10/h6-7,9,11-12H,3-5H2,1-2H3,(H,16,17)(H,18,19). The molecule has 0 bridgehead atoms. The van der Waals surface area contributed by atoms with Crippen LogP contribution in [-0.2, 0) is 16.0 Å². The van der Waals surface area contributed by atoms with E-state index in [9.17, 15) is 9.59 Å². The fourth-order valence-electron chi connectivity index (χ4n) is 3.49. The number of fused-ring (bicyclic) bond motifs is 1. The fourth-order valence-corrected chi connectivity index (χ4v) is 4.47. The van der Waals surface area contributed by atoms with Crippen molar-refractivity contribution in [2.45, 2.75) is 39.2 Å². The van der Waals surface area contributed by atoms with Gasteiger partial charge in [0.25, 0.3) is 0 Å². The van der Waals surface area contributed by atoms with Gasteiger partial charge in [0.05, 0.1) is 17.9 Å². The molecule has 3 atom stereocenters. The molecule has 2 N–H and O–H groups in total. The second-order valence-corrected chi connectivity index (χ2v) is 7.37. The summed E-state index contributed by atoms with van der Waals surface area (Å²) < 4.78 is 0. The summed E-state index contributed by atoms with van der Waals surface area (Å²) in [7, 11) is 0. The summed E-state index contributed by atoms with van der Waals surface area (Å²) >= 11 is 1.74. The Bertz CT molecular complexity index is 563. The molecule has 108 valence electrons. The summed E-state index contributed by atoms with van der Waals surface area (Å²) in [6, 6.07) is 2.14. The van der Waals surface area contributed by atoms with Crippen molar-refractivity contribution in [2.24, 2.45) is 17.3 Å². The first-order valence-electron chi connectivity index (χ1n) is 7.02. The quantitative estimate of drug-likeness (QED) is 0.900. The van der Waals surface area contributed by atoms with Gasteiger partial charge in [-0.1, -0.05) is 13.8 Å². The number of aliphatic carboxylic acids is 1. The van der Waals surface area contributed by atoms with Gasteiger partial charge in [0.1, 0.15) is 0 Å². The number of nitrogens with one attached hydrogen (secondary N) is 1. The number of rotatable bonds is 3. The highest BCUT2D eigenvalue weighted by atomic mass is 32.1. The zero-order valence-electron chi connectivity index (χ0n) is 11.7. The Morgan fingerprint density at radius 2 is 2.15 bits per heavy atom. The van der Waals surface area contributed by atoms with Crippen molar-refractivity contribution in [3.05, 3.63) is 21.9 Å². The number of thiophene rings is 1. The predicted molar refractivity (Wildman–Crippen MR) is 76.5 cm³/mol. The van der Waals surface area contributed by atoms with Crippen LogP contribution in [0.15, 0.2) is 11.4 Å². The lowest BCUT2D eigenvalue weighted by molar-refractivity contribution is -0.140. The van der Waals surface area contributed by atoms with Gasteiger partial charge in [0.15, 0.2) is 0 Å². The number of aryl methyl sites for hydroxylation is 1. The molecule has 1 saturated carbocycles. The van der Waals surface area contributed by atoms with Crippen LogP contribution in [0.1, 0.15) is 43.2 Å². The van der Waals surface area contributed by atoms with Crippen molar-refractivity contribution in [3.8, 4) is 0 Å². The number of carboxylic acid groups (broad SMARTS) is 1. The van der Waals surface area contributed by atoms with E-state index in [1.807, 2.05) is 13.8 Å². The van der Waals surface area contributed by atoms with Gasteiger partial charge in [0.2, 0.25) is 5.91 Å². The van der Waals surface area contributed by atoms with Gasteiger partial charge >= 0.3 is 5.97 Å². The normalized spacial score (nSPS) is 30.4. The zero-order chi connectivity index (χ0) is 14.5. The second-order valence-electron chi connectivity index (χ2n) is 6.37. The molecule has 3 unspecified atom stereocenters. The van der Waals surface area contributed by atoms with Gasteiger partial charge in [0, 0.05) is 4.88 Å². The van der Waals surface area contributed by atoms with E-state index >= 15 is 0 Å². The number of hydrogen-bond donors (Lipinski definition) is 2. The van der Waals surface area contributed by atoms with E-state index in [0.717, 1.165) is 19.3 Å². The molecule has 0 aromatic carbocycles. The van der Waals surface area contributed by atoms with E-state index in [0.29, 0.717) is 0 Å². The van der Waals surface area contributed by atoms with Crippen LogP contribution in [-0.4, -0.2) is 17.0 Å². The Labute approximate surface area is 122 Å². The first kappa shape index (κ1) is 13.6. The minimum absolute atomic E-state index is 0.0587. The molecule has 1 aromatic heterocycles. The number of hydrogen-bond acceptors (Lipinski definition) is 3. The van der Waals surface area contributed by atoms with Gasteiger partial charge in [-0.3, -0.25) is 9.59 Å². The van der Waals surface area contributed by atoms with Crippen LogP contribution >= 0.6 is 11.3 Å². The van der Waals surface area contributed by atoms with Crippen LogP contribution in [0, 0.1) is 17.3 Å². The Hall–Kier alpha value is -1.36. The number of carbonyl (C=O) groups is 2. The van der Waals surface area contributed by atoms with E-state index in [2.05, 4.69) is 16.8 Å². The molecular formula is C15H19NO3S. The van der Waals surface area contributed by atoms with Crippen LogP contribution in [0.5, 0.6) is 0 Å². The van der Waals surface area contributed by atoms with Crippen molar-refractivity contribution in [2.75, 3.05) is 0 Å². The highest BCUT2D eigenvalue weighted by molar-refractivity contribution is 7.10. The van der Waals surface area contributed by atoms with Crippen molar-refractivity contribution in [3.63, 3.8) is 0 Å². The SMILES string of the molecule is CC1(C)C(C(=O)O)C1C(=O)NC1CCCc2sccc21. The van der Waals surface area contributed by atoms with Crippen LogP contribution in [0.2, 0.25) is 0 Å². The molecule has 1 fully saturated rings. The maximum absolute atomic E-state index is 12.4. The van der Waals surface area contributed by atoms with Crippen LogP contribution in [0.4, 0.5) is 0 Å². The molecule has 1 amide bonds. The monoisotopic (exact) mass is 293 g/mol. The summed E-state index contributed by atoms with van der Waals surface area (Å²) in [5.41, 5.74) is 0.794. The zero-order valence-corrected chi connectivity index (χ0v) is 12.5. The van der Waals surface area contributed by atoms with Gasteiger partial charge in [-0.05, 0) is 41.7 Å². The summed E-state index contributed by atoms with van der Waals surface area (Å²) in [4.78, 5) is 24.9. The van der Waals surface area contributed by atoms with E-state index < -0.39 is 23.2 Å². The van der Waals surface area contributed by atoms with Gasteiger partial charge < -0.3 is 10.4 Å². The number of amides is 1. The lowest BCUT2D eigenvalue weighted by atomic mass is 9.93. The Morgan fingerprint density at radius 3 is 2.80 bits per heavy atom. The molecule has 3 rings (SSSR count). The van der Waals surface area contributed by atoms with Crippen LogP contribution < -0.4 is 5.32 Å². The number of carbonyl (C=O) groups excluding carboxylic acids is 1. The summed E-state index contributed by atoms with van der Waals surface area (Å²) in [5.74, 6) is -1.92. The molecule has 1 heterocycles. The van der Waals surface area contributed by atoms with Crippen LogP contribution in [0.3, 0.4) is 0 Å². The summed E-state index contributed by atoms with van der Waals surface area (Å²) in [5, 5.41) is 14.3. The fraction of sp³-hybridized carbons (Fsp3) is 0.600. The molecule has 2 aliphatic carbocycles. The average molecular weight is 293 g/mol. The highest BCUT2D eigenvalue weighted by Crippen LogP contribution is 2.58. The predicted octanol–water partition coefficient (Wildman–Crippen LogP) is 2.60. The third-order valence-corrected chi connectivity index (χ3v) is 5.74. The van der Waals surface area contributed by atoms with E-state index in [1.165, 1.54) is 10.4 Å². The molecule has 0 radical (unpaired) electrons. The molecule has 0 aliphatic heterocycles. The Balaban J connectivity index is 1.72. The van der Waals surface area contributed by atoms with Crippen molar-refractivity contribution >= 4 is 23.2 Å². The first-order valence-corrected chi connectivity index (χ1v) is 7.90. The lowest BCUT2D eigenvalue weighted by Crippen LogP contribution is -2.33. The van der Waals surface area contributed by atoms with E-state index in [4.69, 9.17) is 5.11 Å². The highest BCUT2D eigenvalue weighted by Gasteiger charge is 2.66. The maximum atomic E-state index is 12.4. The van der Waals surface area contributed by atoms with E-state index in [-0.39, 0.29) is 11.9 Å². The molecule has 0 spiro atoms. The summed E-state index contributed by atoms with van der Waals surface area (Å²) in [6.45, 7) is 3.71.